The van der Waals surface area contributed by atoms with Crippen molar-refractivity contribution in [3.8, 4) is 12.3 Å². The molecule has 0 aliphatic carbocycles. The van der Waals surface area contributed by atoms with Crippen LogP contribution in [0.5, 0.6) is 0 Å². The summed E-state index contributed by atoms with van der Waals surface area (Å²) in [7, 11) is 0. The fourth-order valence-corrected chi connectivity index (χ4v) is 2.26. The van der Waals surface area contributed by atoms with Crippen LogP contribution in [0.4, 0.5) is 0 Å². The lowest BCUT2D eigenvalue weighted by Gasteiger charge is -2.45. The van der Waals surface area contributed by atoms with Gasteiger partial charge in [0, 0.05) is 38.8 Å². The maximum absolute atomic E-state index is 11.9. The summed E-state index contributed by atoms with van der Waals surface area (Å²) in [6.45, 7) is 2.60. The molecule has 2 amide bonds. The molecule has 0 aromatic heterocycles. The summed E-state index contributed by atoms with van der Waals surface area (Å²) >= 11 is 0. The van der Waals surface area contributed by atoms with E-state index < -0.39 is 11.1 Å². The number of amides is 2. The Kier molecular flexibility index (Phi) is 3.31. The van der Waals surface area contributed by atoms with Crippen LogP contribution in [0.25, 0.3) is 0 Å². The Labute approximate surface area is 112 Å². The average Bonchev–Trinajstić information content (AvgIpc) is 3.10. The highest BCUT2D eigenvalue weighted by Crippen LogP contribution is 2.38. The maximum Gasteiger partial charge on any atom is 0.226 e. The van der Waals surface area contributed by atoms with Crippen LogP contribution in [0, 0.1) is 17.8 Å². The third-order valence-electron chi connectivity index (χ3n) is 3.82. The minimum Gasteiger partial charge on any atom is -0.369 e. The van der Waals surface area contributed by atoms with Crippen molar-refractivity contribution >= 4 is 11.8 Å². The molecule has 6 heteroatoms. The van der Waals surface area contributed by atoms with E-state index in [0.29, 0.717) is 38.8 Å². The number of carbonyl (C=O) groups is 2. The Bertz CT molecular complexity index is 466. The lowest BCUT2D eigenvalue weighted by molar-refractivity contribution is -0.150. The van der Waals surface area contributed by atoms with Crippen LogP contribution in [0.3, 0.4) is 0 Å². The van der Waals surface area contributed by atoms with Crippen LogP contribution < -0.4 is 5.73 Å². The maximum atomic E-state index is 11.9. The van der Waals surface area contributed by atoms with Crippen LogP contribution in [0.1, 0.15) is 32.6 Å². The molecule has 2 rings (SSSR count). The average molecular weight is 262 g/mol. The zero-order chi connectivity index (χ0) is 14.1. The van der Waals surface area contributed by atoms with Gasteiger partial charge in [-0.05, 0) is 6.92 Å². The number of carbonyl (C=O) groups excluding carboxylic acids is 2. The molecule has 102 valence electrons. The van der Waals surface area contributed by atoms with E-state index in [0.717, 1.165) is 0 Å². The molecule has 0 aromatic rings. The molecule has 2 aliphatic rings. The Hall–Kier alpha value is -1.90. The number of primary amides is 1. The molecule has 1 fully saturated rings. The summed E-state index contributed by atoms with van der Waals surface area (Å²) in [6.07, 6.45) is 7.50. The van der Waals surface area contributed by atoms with Gasteiger partial charge in [-0.2, -0.15) is 10.2 Å². The van der Waals surface area contributed by atoms with Gasteiger partial charge in [-0.3, -0.25) is 9.59 Å². The van der Waals surface area contributed by atoms with Crippen molar-refractivity contribution in [1.82, 2.24) is 4.90 Å². The highest BCUT2D eigenvalue weighted by Gasteiger charge is 2.46. The Balaban J connectivity index is 1.73. The summed E-state index contributed by atoms with van der Waals surface area (Å²) in [5, 5.41) is 7.98. The number of hydrogen-bond acceptors (Lipinski definition) is 4. The van der Waals surface area contributed by atoms with Crippen molar-refractivity contribution in [2.45, 2.75) is 38.3 Å². The predicted molar refractivity (Wildman–Crippen MR) is 68.8 cm³/mol. The van der Waals surface area contributed by atoms with E-state index in [2.05, 4.69) is 16.1 Å². The SMILES string of the molecule is C#CCCC1(CCC(=O)N2CC(C)(C(N)=O)C2)N=N1. The largest absolute Gasteiger partial charge is 0.369 e. The van der Waals surface area contributed by atoms with Crippen molar-refractivity contribution < 1.29 is 9.59 Å². The third-order valence-corrected chi connectivity index (χ3v) is 3.82. The minimum atomic E-state index is -0.564. The van der Waals surface area contributed by atoms with E-state index in [1.165, 1.54) is 0 Å². The topological polar surface area (TPSA) is 88.1 Å². The van der Waals surface area contributed by atoms with E-state index in [-0.39, 0.29) is 11.8 Å². The second kappa shape index (κ2) is 4.65. The smallest absolute Gasteiger partial charge is 0.226 e. The first-order chi connectivity index (χ1) is 8.91. The molecule has 19 heavy (non-hydrogen) atoms. The molecule has 2 heterocycles. The molecule has 0 aromatic carbocycles. The van der Waals surface area contributed by atoms with Crippen molar-refractivity contribution in [2.75, 3.05) is 13.1 Å². The first-order valence-electron chi connectivity index (χ1n) is 6.36. The molecule has 6 nitrogen and oxygen atoms in total. The zero-order valence-corrected chi connectivity index (χ0v) is 11.1. The molecule has 0 spiro atoms. The summed E-state index contributed by atoms with van der Waals surface area (Å²) in [5.41, 5.74) is 4.30. The molecule has 0 radical (unpaired) electrons. The fourth-order valence-electron chi connectivity index (χ4n) is 2.26. The van der Waals surface area contributed by atoms with Gasteiger partial charge in [-0.1, -0.05) is 0 Å². The predicted octanol–water partition coefficient (Wildman–Crippen LogP) is 0.676. The van der Waals surface area contributed by atoms with Crippen molar-refractivity contribution in [2.24, 2.45) is 21.4 Å². The van der Waals surface area contributed by atoms with Crippen molar-refractivity contribution in [3.05, 3.63) is 0 Å². The molecular formula is C13H18N4O2. The van der Waals surface area contributed by atoms with Gasteiger partial charge in [-0.15, -0.1) is 12.3 Å². The molecule has 1 saturated heterocycles. The van der Waals surface area contributed by atoms with E-state index >= 15 is 0 Å². The summed E-state index contributed by atoms with van der Waals surface area (Å²) in [5.74, 6) is 2.22. The first kappa shape index (κ1) is 13.5. The van der Waals surface area contributed by atoms with Crippen LogP contribution in [-0.4, -0.2) is 35.5 Å². The van der Waals surface area contributed by atoms with Crippen LogP contribution in [-0.2, 0) is 9.59 Å². The highest BCUT2D eigenvalue weighted by atomic mass is 16.2. The van der Waals surface area contributed by atoms with Gasteiger partial charge in [0.2, 0.25) is 11.8 Å². The number of terminal acetylenes is 1. The lowest BCUT2D eigenvalue weighted by Crippen LogP contribution is -2.62. The van der Waals surface area contributed by atoms with Crippen molar-refractivity contribution in [3.63, 3.8) is 0 Å². The van der Waals surface area contributed by atoms with Crippen molar-refractivity contribution in [1.29, 1.82) is 0 Å². The van der Waals surface area contributed by atoms with E-state index in [1.54, 1.807) is 11.8 Å². The van der Waals surface area contributed by atoms with Gasteiger partial charge in [0.15, 0.2) is 5.66 Å². The molecule has 2 N–H and O–H groups in total. The van der Waals surface area contributed by atoms with Gasteiger partial charge in [-0.25, -0.2) is 0 Å². The monoisotopic (exact) mass is 262 g/mol. The molecule has 0 saturated carbocycles. The normalized spacial score (nSPS) is 21.4. The van der Waals surface area contributed by atoms with E-state index in [1.807, 2.05) is 0 Å². The fraction of sp³-hybridized carbons (Fsp3) is 0.692. The minimum absolute atomic E-state index is 0.0242. The van der Waals surface area contributed by atoms with Gasteiger partial charge >= 0.3 is 0 Å². The third kappa shape index (κ3) is 2.75. The van der Waals surface area contributed by atoms with E-state index in [9.17, 15) is 9.59 Å². The quantitative estimate of drug-likeness (QED) is 0.713. The molecule has 0 unspecified atom stereocenters. The number of nitrogens with two attached hydrogens (primary N) is 1. The molecule has 0 bridgehead atoms. The number of likely N-dealkylation sites (tertiary alicyclic amines) is 1. The molecule has 0 atom stereocenters. The van der Waals surface area contributed by atoms with Gasteiger partial charge < -0.3 is 10.6 Å². The second-order valence-electron chi connectivity index (χ2n) is 5.56. The summed E-state index contributed by atoms with van der Waals surface area (Å²) in [4.78, 5) is 24.7. The van der Waals surface area contributed by atoms with Crippen LogP contribution in [0.15, 0.2) is 10.2 Å². The highest BCUT2D eigenvalue weighted by molar-refractivity contribution is 5.86. The van der Waals surface area contributed by atoms with Gasteiger partial charge in [0.05, 0.1) is 5.41 Å². The number of nitrogens with zero attached hydrogens (tertiary/aromatic N) is 3. The number of hydrogen-bond donors (Lipinski definition) is 1. The lowest BCUT2D eigenvalue weighted by atomic mass is 9.81. The second-order valence-corrected chi connectivity index (χ2v) is 5.56. The summed E-state index contributed by atoms with van der Waals surface area (Å²) < 4.78 is 0. The summed E-state index contributed by atoms with van der Waals surface area (Å²) in [6, 6.07) is 0. The zero-order valence-electron chi connectivity index (χ0n) is 11.1. The Morgan fingerprint density at radius 2 is 2.00 bits per heavy atom. The molecule has 2 aliphatic heterocycles. The number of rotatable bonds is 6. The van der Waals surface area contributed by atoms with Gasteiger partial charge in [0.25, 0.3) is 0 Å². The Morgan fingerprint density at radius 3 is 2.47 bits per heavy atom. The Morgan fingerprint density at radius 1 is 1.37 bits per heavy atom. The van der Waals surface area contributed by atoms with Gasteiger partial charge in [0.1, 0.15) is 0 Å². The van der Waals surface area contributed by atoms with E-state index in [4.69, 9.17) is 12.2 Å². The first-order valence-corrected chi connectivity index (χ1v) is 6.36. The standard InChI is InChI=1S/C13H18N4O2/c1-3-4-6-13(15-16-13)7-5-10(18)17-8-12(2,9-17)11(14)19/h1H,4-9H2,2H3,(H2,14,19). The van der Waals surface area contributed by atoms with Crippen LogP contribution >= 0.6 is 0 Å². The van der Waals surface area contributed by atoms with Crippen LogP contribution in [0.2, 0.25) is 0 Å². The molecular weight excluding hydrogens is 244 g/mol.